The lowest BCUT2D eigenvalue weighted by atomic mass is 10.2. The predicted octanol–water partition coefficient (Wildman–Crippen LogP) is 5.03. The second-order valence-corrected chi connectivity index (χ2v) is 8.35. The molecule has 0 unspecified atom stereocenters. The van der Waals surface area contributed by atoms with Crippen LogP contribution >= 0.6 is 0 Å². The van der Waals surface area contributed by atoms with Crippen molar-refractivity contribution in [2.45, 2.75) is 20.0 Å². The number of esters is 1. The summed E-state index contributed by atoms with van der Waals surface area (Å²) >= 11 is 0. The highest BCUT2D eigenvalue weighted by Crippen LogP contribution is 2.33. The van der Waals surface area contributed by atoms with Gasteiger partial charge < -0.3 is 18.6 Å². The number of methoxy groups -OCH3 is 1. The summed E-state index contributed by atoms with van der Waals surface area (Å²) in [6.45, 7) is 3.60. The van der Waals surface area contributed by atoms with Crippen molar-refractivity contribution in [2.24, 2.45) is 5.10 Å². The van der Waals surface area contributed by atoms with Crippen LogP contribution in [0, 0.1) is 0 Å². The maximum Gasteiger partial charge on any atom is 0.347 e. The second-order valence-electron chi connectivity index (χ2n) is 8.35. The molecule has 1 atom stereocenters. The number of carbonyl (C=O) groups is 1. The first-order chi connectivity index (χ1) is 18.5. The molecule has 0 radical (unpaired) electrons. The Balaban J connectivity index is 1.62. The van der Waals surface area contributed by atoms with E-state index in [4.69, 9.17) is 23.6 Å². The molecule has 0 saturated heterocycles. The van der Waals surface area contributed by atoms with Crippen LogP contribution in [0.15, 0.2) is 87.1 Å². The summed E-state index contributed by atoms with van der Waals surface area (Å²) in [7, 11) is 1.58. The molecule has 5 rings (SSSR count). The van der Waals surface area contributed by atoms with Gasteiger partial charge in [0.2, 0.25) is 5.82 Å². The van der Waals surface area contributed by atoms with E-state index < -0.39 is 12.1 Å². The molecule has 2 heterocycles. The van der Waals surface area contributed by atoms with Gasteiger partial charge >= 0.3 is 5.97 Å². The predicted molar refractivity (Wildman–Crippen MR) is 144 cm³/mol. The average Bonchev–Trinajstić information content (AvgIpc) is 3.38. The standard InChI is InChI=1S/C29H25N3O6/c1-4-36-29(34)18(2)37-23-13-8-5-10-19(23)17-30-32-27(31-22-12-7-6-11-20(22)28(32)33)26-16-21-24(35-3)14-9-15-25(21)38-26/h5-18H,4H2,1-3H3/t18-/m0/s1. The van der Waals surface area contributed by atoms with E-state index in [-0.39, 0.29) is 18.0 Å². The molecule has 0 aliphatic heterocycles. The molecule has 0 amide bonds. The number of furan rings is 1. The minimum absolute atomic E-state index is 0.224. The normalized spacial score (nSPS) is 12.2. The highest BCUT2D eigenvalue weighted by molar-refractivity contribution is 5.89. The number of fused-ring (bicyclic) bond motifs is 2. The first-order valence-corrected chi connectivity index (χ1v) is 12.1. The van der Waals surface area contributed by atoms with Gasteiger partial charge in [-0.3, -0.25) is 4.79 Å². The van der Waals surface area contributed by atoms with Crippen molar-refractivity contribution in [3.05, 3.63) is 88.7 Å². The van der Waals surface area contributed by atoms with Gasteiger partial charge in [0.25, 0.3) is 5.56 Å². The molecule has 38 heavy (non-hydrogen) atoms. The Labute approximate surface area is 217 Å². The number of carbonyl (C=O) groups excluding carboxylic acids is 1. The summed E-state index contributed by atoms with van der Waals surface area (Å²) < 4.78 is 23.6. The average molecular weight is 512 g/mol. The minimum atomic E-state index is -0.823. The fourth-order valence-corrected chi connectivity index (χ4v) is 4.03. The Morgan fingerprint density at radius 1 is 1.05 bits per heavy atom. The molecule has 0 N–H and O–H groups in total. The number of benzene rings is 3. The van der Waals surface area contributed by atoms with E-state index >= 15 is 0 Å². The van der Waals surface area contributed by atoms with E-state index in [0.717, 1.165) is 5.39 Å². The molecule has 3 aromatic carbocycles. The fraction of sp³-hybridized carbons (Fsp3) is 0.172. The molecule has 0 saturated carbocycles. The SMILES string of the molecule is CCOC(=O)[C@H](C)Oc1ccccc1C=Nn1c(-c2cc3c(OC)cccc3o2)nc2ccccc2c1=O. The van der Waals surface area contributed by atoms with Gasteiger partial charge in [-0.05, 0) is 56.3 Å². The third-order valence-electron chi connectivity index (χ3n) is 5.87. The molecule has 9 heteroatoms. The molecule has 0 aliphatic rings. The van der Waals surface area contributed by atoms with Gasteiger partial charge in [-0.1, -0.05) is 30.3 Å². The van der Waals surface area contributed by atoms with Crippen molar-refractivity contribution in [1.29, 1.82) is 0 Å². The van der Waals surface area contributed by atoms with E-state index in [9.17, 15) is 9.59 Å². The third kappa shape index (κ3) is 4.73. The van der Waals surface area contributed by atoms with Gasteiger partial charge in [0.1, 0.15) is 17.1 Å². The molecule has 0 fully saturated rings. The van der Waals surface area contributed by atoms with E-state index in [0.29, 0.717) is 39.3 Å². The van der Waals surface area contributed by atoms with Gasteiger partial charge in [0, 0.05) is 5.56 Å². The Hall–Kier alpha value is -4.92. The summed E-state index contributed by atoms with van der Waals surface area (Å²) in [5, 5.41) is 5.64. The Morgan fingerprint density at radius 3 is 2.63 bits per heavy atom. The highest BCUT2D eigenvalue weighted by atomic mass is 16.6. The molecule has 192 valence electrons. The first kappa shape index (κ1) is 24.8. The van der Waals surface area contributed by atoms with Gasteiger partial charge in [-0.15, -0.1) is 0 Å². The zero-order valence-corrected chi connectivity index (χ0v) is 21.1. The van der Waals surface area contributed by atoms with Crippen molar-refractivity contribution in [3.63, 3.8) is 0 Å². The lowest BCUT2D eigenvalue weighted by Gasteiger charge is -2.15. The second kappa shape index (κ2) is 10.6. The number of aromatic nitrogens is 2. The number of nitrogens with zero attached hydrogens (tertiary/aromatic N) is 3. The monoisotopic (exact) mass is 511 g/mol. The summed E-state index contributed by atoms with van der Waals surface area (Å²) in [5.41, 5.74) is 1.29. The lowest BCUT2D eigenvalue weighted by molar-refractivity contribution is -0.150. The first-order valence-electron chi connectivity index (χ1n) is 12.1. The van der Waals surface area contributed by atoms with Crippen molar-refractivity contribution >= 4 is 34.1 Å². The zero-order valence-electron chi connectivity index (χ0n) is 21.1. The number of rotatable bonds is 8. The van der Waals surface area contributed by atoms with Gasteiger partial charge in [-0.25, -0.2) is 9.78 Å². The number of para-hydroxylation sites is 2. The maximum atomic E-state index is 13.6. The van der Waals surface area contributed by atoms with Gasteiger partial charge in [0.15, 0.2) is 11.9 Å². The number of ether oxygens (including phenoxy) is 3. The van der Waals surface area contributed by atoms with Crippen molar-refractivity contribution < 1.29 is 23.4 Å². The van der Waals surface area contributed by atoms with Crippen LogP contribution in [0.1, 0.15) is 19.4 Å². The Morgan fingerprint density at radius 2 is 1.82 bits per heavy atom. The van der Waals surface area contributed by atoms with Crippen LogP contribution in [-0.4, -0.2) is 41.7 Å². The number of hydrogen-bond acceptors (Lipinski definition) is 8. The van der Waals surface area contributed by atoms with Crippen molar-refractivity contribution in [2.75, 3.05) is 13.7 Å². The Kier molecular flexibility index (Phi) is 6.90. The summed E-state index contributed by atoms with van der Waals surface area (Å²) in [4.78, 5) is 30.3. The van der Waals surface area contributed by atoms with Crippen LogP contribution in [0.25, 0.3) is 33.5 Å². The van der Waals surface area contributed by atoms with E-state index in [2.05, 4.69) is 5.10 Å². The summed E-state index contributed by atoms with van der Waals surface area (Å²) in [5.74, 6) is 1.15. The molecule has 0 bridgehead atoms. The van der Waals surface area contributed by atoms with Gasteiger partial charge in [-0.2, -0.15) is 9.78 Å². The third-order valence-corrected chi connectivity index (χ3v) is 5.87. The highest BCUT2D eigenvalue weighted by Gasteiger charge is 2.19. The summed E-state index contributed by atoms with van der Waals surface area (Å²) in [6.07, 6.45) is 0.660. The molecular formula is C29H25N3O6. The van der Waals surface area contributed by atoms with Crippen molar-refractivity contribution in [3.8, 4) is 23.1 Å². The van der Waals surface area contributed by atoms with E-state index in [1.165, 1.54) is 10.9 Å². The maximum absolute atomic E-state index is 13.6. The van der Waals surface area contributed by atoms with Crippen molar-refractivity contribution in [1.82, 2.24) is 9.66 Å². The largest absolute Gasteiger partial charge is 0.496 e. The molecule has 2 aromatic heterocycles. The summed E-state index contributed by atoms with van der Waals surface area (Å²) in [6, 6.07) is 21.3. The van der Waals surface area contributed by atoms with Crippen LogP contribution in [0.4, 0.5) is 0 Å². The smallest absolute Gasteiger partial charge is 0.347 e. The van der Waals surface area contributed by atoms with Crippen LogP contribution in [0.2, 0.25) is 0 Å². The molecule has 0 aliphatic carbocycles. The lowest BCUT2D eigenvalue weighted by Crippen LogP contribution is -2.26. The van der Waals surface area contributed by atoms with E-state index in [1.54, 1.807) is 69.5 Å². The molecule has 9 nitrogen and oxygen atoms in total. The zero-order chi connectivity index (χ0) is 26.6. The van der Waals surface area contributed by atoms with Gasteiger partial charge in [0.05, 0.1) is 36.2 Å². The molecular weight excluding hydrogens is 486 g/mol. The van der Waals surface area contributed by atoms with Crippen LogP contribution in [0.5, 0.6) is 11.5 Å². The van der Waals surface area contributed by atoms with E-state index in [1.807, 2.05) is 24.3 Å². The van der Waals surface area contributed by atoms with Crippen LogP contribution in [0.3, 0.4) is 0 Å². The quantitative estimate of drug-likeness (QED) is 0.212. The minimum Gasteiger partial charge on any atom is -0.496 e. The Bertz CT molecular complexity index is 1720. The number of hydrogen-bond donors (Lipinski definition) is 0. The topological polar surface area (TPSA) is 105 Å². The van der Waals surface area contributed by atoms with Crippen LogP contribution < -0.4 is 15.0 Å². The molecule has 5 aromatic rings. The molecule has 0 spiro atoms. The fourth-order valence-electron chi connectivity index (χ4n) is 4.03. The van der Waals surface area contributed by atoms with Crippen LogP contribution in [-0.2, 0) is 9.53 Å².